The Kier molecular flexibility index (Phi) is 5.25. The standard InChI is InChI=1S/C11H18NO3/c13-6-2-10-1-4-12(5-8-15)11(9-10)3-7-14/h1,4,9,13-15H,2-3,5-8H2/q+1. The van der Waals surface area contributed by atoms with Gasteiger partial charge in [0.25, 0.3) is 0 Å². The van der Waals surface area contributed by atoms with E-state index in [1.54, 1.807) is 0 Å². The minimum atomic E-state index is 0.0858. The smallest absolute Gasteiger partial charge is 0.183 e. The second-order valence-corrected chi connectivity index (χ2v) is 3.39. The third kappa shape index (κ3) is 3.58. The monoisotopic (exact) mass is 212 g/mol. The van der Waals surface area contributed by atoms with Gasteiger partial charge in [0.2, 0.25) is 0 Å². The summed E-state index contributed by atoms with van der Waals surface area (Å²) in [6.07, 6.45) is 3.07. The molecule has 15 heavy (non-hydrogen) atoms. The first-order valence-corrected chi connectivity index (χ1v) is 5.15. The molecule has 0 unspecified atom stereocenters. The third-order valence-corrected chi connectivity index (χ3v) is 2.30. The Labute approximate surface area is 89.4 Å². The van der Waals surface area contributed by atoms with Crippen molar-refractivity contribution in [2.75, 3.05) is 19.8 Å². The Balaban J connectivity index is 2.87. The number of hydrogen-bond donors (Lipinski definition) is 3. The van der Waals surface area contributed by atoms with E-state index in [1.165, 1.54) is 0 Å². The first kappa shape index (κ1) is 12.1. The molecule has 0 saturated heterocycles. The summed E-state index contributed by atoms with van der Waals surface area (Å²) < 4.78 is 1.91. The van der Waals surface area contributed by atoms with E-state index < -0.39 is 0 Å². The maximum absolute atomic E-state index is 8.91. The van der Waals surface area contributed by atoms with Crippen molar-refractivity contribution in [2.45, 2.75) is 19.4 Å². The van der Waals surface area contributed by atoms with Crippen molar-refractivity contribution in [1.29, 1.82) is 0 Å². The molecule has 0 aliphatic carbocycles. The van der Waals surface area contributed by atoms with Crippen LogP contribution in [0, 0.1) is 0 Å². The van der Waals surface area contributed by atoms with Crippen molar-refractivity contribution in [2.24, 2.45) is 0 Å². The van der Waals surface area contributed by atoms with Gasteiger partial charge in [-0.25, -0.2) is 0 Å². The normalized spacial score (nSPS) is 10.6. The van der Waals surface area contributed by atoms with E-state index in [-0.39, 0.29) is 19.8 Å². The molecule has 1 aromatic rings. The Bertz CT molecular complexity index is 302. The van der Waals surface area contributed by atoms with Crippen molar-refractivity contribution < 1.29 is 19.9 Å². The zero-order valence-corrected chi connectivity index (χ0v) is 8.76. The first-order valence-electron chi connectivity index (χ1n) is 5.15. The Morgan fingerprint density at radius 3 is 2.33 bits per heavy atom. The van der Waals surface area contributed by atoms with Crippen LogP contribution in [-0.2, 0) is 19.4 Å². The van der Waals surface area contributed by atoms with Gasteiger partial charge in [-0.1, -0.05) is 0 Å². The second-order valence-electron chi connectivity index (χ2n) is 3.39. The van der Waals surface area contributed by atoms with Crippen LogP contribution in [-0.4, -0.2) is 35.1 Å². The summed E-state index contributed by atoms with van der Waals surface area (Å²) in [5, 5.41) is 26.6. The molecule has 4 heteroatoms. The Morgan fingerprint density at radius 2 is 1.73 bits per heavy atom. The number of pyridine rings is 1. The number of rotatable bonds is 6. The highest BCUT2D eigenvalue weighted by molar-refractivity contribution is 5.13. The maximum Gasteiger partial charge on any atom is 0.183 e. The van der Waals surface area contributed by atoms with E-state index in [1.807, 2.05) is 22.9 Å². The lowest BCUT2D eigenvalue weighted by Crippen LogP contribution is -2.40. The summed E-state index contributed by atoms with van der Waals surface area (Å²) in [7, 11) is 0. The number of nitrogens with zero attached hydrogens (tertiary/aromatic N) is 1. The fourth-order valence-electron chi connectivity index (χ4n) is 1.57. The molecular weight excluding hydrogens is 194 g/mol. The zero-order chi connectivity index (χ0) is 11.1. The van der Waals surface area contributed by atoms with E-state index in [4.69, 9.17) is 15.3 Å². The molecular formula is C11H18NO3+. The maximum atomic E-state index is 8.91. The van der Waals surface area contributed by atoms with Crippen LogP contribution in [0.4, 0.5) is 0 Å². The van der Waals surface area contributed by atoms with Crippen LogP contribution in [0.15, 0.2) is 18.3 Å². The van der Waals surface area contributed by atoms with Crippen LogP contribution >= 0.6 is 0 Å². The van der Waals surface area contributed by atoms with E-state index >= 15 is 0 Å². The summed E-state index contributed by atoms with van der Waals surface area (Å²) in [5.41, 5.74) is 2.03. The summed E-state index contributed by atoms with van der Waals surface area (Å²) in [4.78, 5) is 0. The molecule has 3 N–H and O–H groups in total. The van der Waals surface area contributed by atoms with Gasteiger partial charge in [-0.3, -0.25) is 0 Å². The summed E-state index contributed by atoms with van der Waals surface area (Å²) >= 11 is 0. The highest BCUT2D eigenvalue weighted by Gasteiger charge is 2.10. The lowest BCUT2D eigenvalue weighted by molar-refractivity contribution is -0.705. The van der Waals surface area contributed by atoms with Crippen molar-refractivity contribution >= 4 is 0 Å². The Hall–Kier alpha value is -0.970. The summed E-state index contributed by atoms with van der Waals surface area (Å²) in [6.45, 7) is 0.841. The molecule has 1 rings (SSSR count). The number of aromatic nitrogens is 1. The minimum absolute atomic E-state index is 0.0858. The highest BCUT2D eigenvalue weighted by Crippen LogP contribution is 2.02. The summed E-state index contributed by atoms with van der Waals surface area (Å²) in [6, 6.07) is 3.88. The van der Waals surface area contributed by atoms with E-state index in [9.17, 15) is 0 Å². The van der Waals surface area contributed by atoms with Gasteiger partial charge in [0.1, 0.15) is 6.61 Å². The van der Waals surface area contributed by atoms with Crippen LogP contribution in [0.1, 0.15) is 11.3 Å². The van der Waals surface area contributed by atoms with Gasteiger partial charge in [0.15, 0.2) is 18.4 Å². The van der Waals surface area contributed by atoms with Crippen molar-refractivity contribution in [1.82, 2.24) is 0 Å². The topological polar surface area (TPSA) is 64.6 Å². The molecule has 0 atom stereocenters. The predicted molar refractivity (Wildman–Crippen MR) is 55.3 cm³/mol. The molecule has 1 heterocycles. The van der Waals surface area contributed by atoms with Gasteiger partial charge >= 0.3 is 0 Å². The van der Waals surface area contributed by atoms with E-state index in [0.29, 0.717) is 19.4 Å². The van der Waals surface area contributed by atoms with Gasteiger partial charge in [0, 0.05) is 18.7 Å². The van der Waals surface area contributed by atoms with Crippen molar-refractivity contribution in [3.8, 4) is 0 Å². The fourth-order valence-corrected chi connectivity index (χ4v) is 1.57. The van der Waals surface area contributed by atoms with E-state index in [0.717, 1.165) is 11.3 Å². The first-order chi connectivity index (χ1) is 7.31. The van der Waals surface area contributed by atoms with Crippen LogP contribution in [0.25, 0.3) is 0 Å². The molecule has 0 saturated carbocycles. The van der Waals surface area contributed by atoms with Gasteiger partial charge in [0.05, 0.1) is 13.0 Å². The minimum Gasteiger partial charge on any atom is -0.396 e. The molecule has 1 aromatic heterocycles. The number of aliphatic hydroxyl groups is 3. The van der Waals surface area contributed by atoms with Gasteiger partial charge in [-0.05, 0) is 12.0 Å². The lowest BCUT2D eigenvalue weighted by Gasteiger charge is -2.04. The molecule has 0 aliphatic heterocycles. The quantitative estimate of drug-likeness (QED) is 0.532. The fraction of sp³-hybridized carbons (Fsp3) is 0.545. The van der Waals surface area contributed by atoms with Gasteiger partial charge < -0.3 is 15.3 Å². The largest absolute Gasteiger partial charge is 0.396 e. The van der Waals surface area contributed by atoms with Crippen molar-refractivity contribution in [3.63, 3.8) is 0 Å². The molecule has 0 spiro atoms. The molecule has 0 bridgehead atoms. The average molecular weight is 212 g/mol. The van der Waals surface area contributed by atoms with Crippen LogP contribution in [0.5, 0.6) is 0 Å². The highest BCUT2D eigenvalue weighted by atomic mass is 16.3. The lowest BCUT2D eigenvalue weighted by atomic mass is 10.1. The number of hydrogen-bond acceptors (Lipinski definition) is 3. The van der Waals surface area contributed by atoms with Crippen molar-refractivity contribution in [3.05, 3.63) is 29.6 Å². The molecule has 0 fully saturated rings. The van der Waals surface area contributed by atoms with Crippen LogP contribution in [0.3, 0.4) is 0 Å². The van der Waals surface area contributed by atoms with Gasteiger partial charge in [-0.2, -0.15) is 4.57 Å². The summed E-state index contributed by atoms with van der Waals surface area (Å²) in [5.74, 6) is 0. The molecule has 84 valence electrons. The van der Waals surface area contributed by atoms with Crippen LogP contribution in [0.2, 0.25) is 0 Å². The van der Waals surface area contributed by atoms with Gasteiger partial charge in [-0.15, -0.1) is 0 Å². The predicted octanol–water partition coefficient (Wildman–Crippen LogP) is -0.964. The molecule has 4 nitrogen and oxygen atoms in total. The Morgan fingerprint density at radius 1 is 1.00 bits per heavy atom. The average Bonchev–Trinajstić information content (AvgIpc) is 2.23. The molecule has 0 aromatic carbocycles. The third-order valence-electron chi connectivity index (χ3n) is 2.30. The zero-order valence-electron chi connectivity index (χ0n) is 8.76. The van der Waals surface area contributed by atoms with E-state index in [2.05, 4.69) is 0 Å². The molecule has 0 aliphatic rings. The number of aliphatic hydroxyl groups excluding tert-OH is 3. The second kappa shape index (κ2) is 6.50. The molecule has 0 radical (unpaired) electrons. The molecule has 0 amide bonds. The van der Waals surface area contributed by atoms with Crippen LogP contribution < -0.4 is 4.57 Å². The SMILES string of the molecule is OCCc1cc[n+](CCO)c(CCO)c1.